The van der Waals surface area contributed by atoms with Crippen molar-refractivity contribution in [2.75, 3.05) is 0 Å². The minimum atomic E-state index is -1.65. The summed E-state index contributed by atoms with van der Waals surface area (Å²) in [7, 11) is 1.42. The molecule has 59 valence electrons. The van der Waals surface area contributed by atoms with Crippen molar-refractivity contribution < 1.29 is 4.12 Å². The van der Waals surface area contributed by atoms with E-state index >= 15 is 0 Å². The Labute approximate surface area is 68.1 Å². The van der Waals surface area contributed by atoms with Crippen molar-refractivity contribution in [3.05, 3.63) is 0 Å². The summed E-state index contributed by atoms with van der Waals surface area (Å²) in [5.74, 6) is 0. The first-order valence-electron chi connectivity index (χ1n) is 3.41. The molecule has 0 aliphatic heterocycles. The second-order valence-corrected chi connectivity index (χ2v) is 8.07. The van der Waals surface area contributed by atoms with Gasteiger partial charge in [0.2, 0.25) is 10.5 Å². The van der Waals surface area contributed by atoms with Gasteiger partial charge in [0.05, 0.1) is 0 Å². The van der Waals surface area contributed by atoms with Crippen LogP contribution in [-0.2, 0) is 4.12 Å². The quantitative estimate of drug-likeness (QED) is 0.635. The van der Waals surface area contributed by atoms with Crippen LogP contribution in [0.25, 0.3) is 0 Å². The molecule has 0 saturated heterocycles. The molecule has 0 spiro atoms. The third-order valence-electron chi connectivity index (χ3n) is 0.931. The van der Waals surface area contributed by atoms with Gasteiger partial charge in [0.25, 0.3) is 8.48 Å². The molecule has 0 bridgehead atoms. The van der Waals surface area contributed by atoms with Gasteiger partial charge in [0.1, 0.15) is 0 Å². The fourth-order valence-corrected chi connectivity index (χ4v) is 2.94. The molecule has 0 saturated carbocycles. The molecular formula is C6H16NOSi2. The lowest BCUT2D eigenvalue weighted by molar-refractivity contribution is 0.460. The van der Waals surface area contributed by atoms with Gasteiger partial charge >= 0.3 is 0 Å². The van der Waals surface area contributed by atoms with E-state index in [0.717, 1.165) is 0 Å². The molecule has 0 rings (SSSR count). The highest BCUT2D eigenvalue weighted by Crippen LogP contribution is 2.06. The Bertz CT molecular complexity index is 109. The zero-order valence-electron chi connectivity index (χ0n) is 7.41. The van der Waals surface area contributed by atoms with Crippen molar-refractivity contribution in [3.8, 4) is 0 Å². The van der Waals surface area contributed by atoms with E-state index in [1.165, 1.54) is 0 Å². The second-order valence-electron chi connectivity index (χ2n) is 3.99. The maximum atomic E-state index is 5.15. The molecular weight excluding hydrogens is 158 g/mol. The second kappa shape index (κ2) is 3.17. The van der Waals surface area contributed by atoms with Crippen molar-refractivity contribution in [1.82, 2.24) is 4.98 Å². The predicted octanol–water partition coefficient (Wildman–Crippen LogP) is 1.18. The number of nitrogens with one attached hydrogen (secondary N) is 1. The van der Waals surface area contributed by atoms with E-state index < -0.39 is 8.48 Å². The molecule has 0 aromatic heterocycles. The third kappa shape index (κ3) is 5.16. The van der Waals surface area contributed by atoms with E-state index in [4.69, 9.17) is 4.12 Å². The van der Waals surface area contributed by atoms with Crippen molar-refractivity contribution in [3.63, 3.8) is 0 Å². The van der Waals surface area contributed by atoms with Gasteiger partial charge < -0.3 is 9.10 Å². The standard InChI is InChI=1S/C6H16NOSi2/c1-6(2,3)7-10(4,5)8-9/h7H,1-5H3. The third-order valence-corrected chi connectivity index (χ3v) is 4.32. The van der Waals surface area contributed by atoms with Gasteiger partial charge in [-0.1, -0.05) is 0 Å². The smallest absolute Gasteiger partial charge is 0.252 e. The lowest BCUT2D eigenvalue weighted by Gasteiger charge is -2.31. The lowest BCUT2D eigenvalue weighted by atomic mass is 10.1. The van der Waals surface area contributed by atoms with Crippen LogP contribution in [-0.4, -0.2) is 24.5 Å². The molecule has 0 aromatic rings. The molecule has 0 heterocycles. The molecule has 4 heteroatoms. The highest BCUT2D eigenvalue weighted by Gasteiger charge is 2.25. The number of hydrogen-bond acceptors (Lipinski definition) is 2. The molecule has 0 aromatic carbocycles. The number of rotatable bonds is 2. The van der Waals surface area contributed by atoms with Crippen molar-refractivity contribution in [2.24, 2.45) is 0 Å². The van der Waals surface area contributed by atoms with Gasteiger partial charge in [0.15, 0.2) is 0 Å². The molecule has 0 atom stereocenters. The molecule has 0 unspecified atom stereocenters. The van der Waals surface area contributed by atoms with Crippen LogP contribution < -0.4 is 4.98 Å². The fourth-order valence-electron chi connectivity index (χ4n) is 0.929. The Hall–Kier alpha value is 0.354. The van der Waals surface area contributed by atoms with Gasteiger partial charge in [-0.05, 0) is 33.9 Å². The van der Waals surface area contributed by atoms with E-state index in [2.05, 4.69) is 49.3 Å². The SMILES string of the molecule is CC(C)(C)N[Si](C)(C)O[Si]. The molecule has 10 heavy (non-hydrogen) atoms. The monoisotopic (exact) mass is 174 g/mol. The van der Waals surface area contributed by atoms with Crippen molar-refractivity contribution >= 4 is 19.0 Å². The first-order valence-corrected chi connectivity index (χ1v) is 6.72. The van der Waals surface area contributed by atoms with Gasteiger partial charge in [0, 0.05) is 5.54 Å². The minimum absolute atomic E-state index is 0.141. The highest BCUT2D eigenvalue weighted by molar-refractivity contribution is 6.71. The van der Waals surface area contributed by atoms with Crippen LogP contribution in [0.4, 0.5) is 0 Å². The largest absolute Gasteiger partial charge is 0.446 e. The molecule has 2 nitrogen and oxygen atoms in total. The average Bonchev–Trinajstić information content (AvgIpc) is 1.60. The molecule has 0 aliphatic carbocycles. The topological polar surface area (TPSA) is 21.3 Å². The van der Waals surface area contributed by atoms with Crippen LogP contribution in [0.5, 0.6) is 0 Å². The first-order chi connectivity index (χ1) is 4.27. The maximum Gasteiger partial charge on any atom is 0.252 e. The van der Waals surface area contributed by atoms with Crippen LogP contribution in [0.2, 0.25) is 13.1 Å². The molecule has 3 radical (unpaired) electrons. The summed E-state index contributed by atoms with van der Waals surface area (Å²) in [5, 5.41) is 0. The van der Waals surface area contributed by atoms with E-state index in [0.29, 0.717) is 0 Å². The molecule has 0 aliphatic rings. The van der Waals surface area contributed by atoms with Crippen LogP contribution in [0.3, 0.4) is 0 Å². The summed E-state index contributed by atoms with van der Waals surface area (Å²) in [6.07, 6.45) is 0. The summed E-state index contributed by atoms with van der Waals surface area (Å²) in [6.45, 7) is 10.6. The Morgan fingerprint density at radius 1 is 1.30 bits per heavy atom. The van der Waals surface area contributed by atoms with Crippen LogP contribution in [0.15, 0.2) is 0 Å². The van der Waals surface area contributed by atoms with E-state index in [1.54, 1.807) is 0 Å². The maximum absolute atomic E-state index is 5.15. The molecule has 1 N–H and O–H groups in total. The van der Waals surface area contributed by atoms with Gasteiger partial charge in [-0.3, -0.25) is 0 Å². The van der Waals surface area contributed by atoms with Crippen molar-refractivity contribution in [2.45, 2.75) is 39.4 Å². The molecule has 0 fully saturated rings. The van der Waals surface area contributed by atoms with Crippen LogP contribution in [0.1, 0.15) is 20.8 Å². The lowest BCUT2D eigenvalue weighted by Crippen LogP contribution is -2.55. The Balaban J connectivity index is 3.89. The van der Waals surface area contributed by atoms with Crippen LogP contribution >= 0.6 is 0 Å². The fraction of sp³-hybridized carbons (Fsp3) is 1.00. The average molecular weight is 174 g/mol. The number of hydrogen-bond donors (Lipinski definition) is 1. The van der Waals surface area contributed by atoms with Gasteiger partial charge in [-0.15, -0.1) is 0 Å². The van der Waals surface area contributed by atoms with Crippen molar-refractivity contribution in [1.29, 1.82) is 0 Å². The summed E-state index contributed by atoms with van der Waals surface area (Å²) in [6, 6.07) is 0. The van der Waals surface area contributed by atoms with Crippen LogP contribution in [0, 0.1) is 0 Å². The molecule has 0 amide bonds. The highest BCUT2D eigenvalue weighted by atomic mass is 28.4. The predicted molar refractivity (Wildman–Crippen MR) is 47.2 cm³/mol. The Morgan fingerprint density at radius 3 is 1.80 bits per heavy atom. The Kier molecular flexibility index (Phi) is 3.28. The summed E-state index contributed by atoms with van der Waals surface area (Å²) in [4.78, 5) is 3.41. The van der Waals surface area contributed by atoms with Gasteiger partial charge in [-0.25, -0.2) is 0 Å². The summed E-state index contributed by atoms with van der Waals surface area (Å²) >= 11 is 0. The summed E-state index contributed by atoms with van der Waals surface area (Å²) in [5.41, 5.74) is 0.141. The van der Waals surface area contributed by atoms with E-state index in [9.17, 15) is 0 Å². The summed E-state index contributed by atoms with van der Waals surface area (Å²) < 4.78 is 5.15. The van der Waals surface area contributed by atoms with E-state index in [1.807, 2.05) is 0 Å². The first kappa shape index (κ1) is 10.4. The minimum Gasteiger partial charge on any atom is -0.446 e. The zero-order valence-corrected chi connectivity index (χ0v) is 9.41. The van der Waals surface area contributed by atoms with Gasteiger partial charge in [-0.2, -0.15) is 0 Å². The zero-order chi connectivity index (χ0) is 8.41. The van der Waals surface area contributed by atoms with E-state index in [-0.39, 0.29) is 5.54 Å². The Morgan fingerprint density at radius 2 is 1.70 bits per heavy atom. The normalized spacial score (nSPS) is 13.8.